The summed E-state index contributed by atoms with van der Waals surface area (Å²) < 4.78 is 29.8. The molecule has 0 amide bonds. The van der Waals surface area contributed by atoms with Crippen LogP contribution in [-0.4, -0.2) is 14.5 Å². The number of hydrogen-bond acceptors (Lipinski definition) is 3. The second kappa shape index (κ2) is 4.21. The maximum Gasteiger partial charge on any atom is 0.297 e. The molecule has 18 heavy (non-hydrogen) atoms. The first kappa shape index (κ1) is 11.9. The molecule has 2 aliphatic carbocycles. The van der Waals surface area contributed by atoms with Gasteiger partial charge in [0.15, 0.2) is 0 Å². The number of fused-ring (bicyclic) bond motifs is 2. The Morgan fingerprint density at radius 2 is 1.61 bits per heavy atom. The normalized spacial score (nSPS) is 29.9. The lowest BCUT2D eigenvalue weighted by Gasteiger charge is -2.16. The first-order valence-corrected chi connectivity index (χ1v) is 7.65. The van der Waals surface area contributed by atoms with E-state index >= 15 is 0 Å². The molecule has 0 aromatic heterocycles. The summed E-state index contributed by atoms with van der Waals surface area (Å²) in [5.41, 5.74) is 1.04. The van der Waals surface area contributed by atoms with Gasteiger partial charge in [0.1, 0.15) is 0 Å². The van der Waals surface area contributed by atoms with Gasteiger partial charge in [-0.2, -0.15) is 8.42 Å². The van der Waals surface area contributed by atoms with Gasteiger partial charge in [0.05, 0.1) is 11.0 Å². The van der Waals surface area contributed by atoms with Crippen molar-refractivity contribution < 1.29 is 12.6 Å². The van der Waals surface area contributed by atoms with E-state index in [1.165, 1.54) is 0 Å². The summed E-state index contributed by atoms with van der Waals surface area (Å²) in [5, 5.41) is 0. The summed E-state index contributed by atoms with van der Waals surface area (Å²) in [7, 11) is -3.63. The summed E-state index contributed by atoms with van der Waals surface area (Å²) in [6, 6.07) is 6.79. The van der Waals surface area contributed by atoms with Crippen molar-refractivity contribution in [3.8, 4) is 0 Å². The standard InChI is InChI=1S/C14H16O3S/c1-10-2-8-13(9-3-10)18(15,16)17-14-11-4-5-12(14)7-6-11/h2-5,8-9,11-12,14H,6-7H2,1H3/t11-,12-/m0/s1. The van der Waals surface area contributed by atoms with Crippen molar-refractivity contribution >= 4 is 10.1 Å². The topological polar surface area (TPSA) is 43.4 Å². The second-order valence-corrected chi connectivity index (χ2v) is 6.69. The van der Waals surface area contributed by atoms with Crippen LogP contribution < -0.4 is 0 Å². The zero-order chi connectivity index (χ0) is 12.8. The largest absolute Gasteiger partial charge is 0.297 e. The maximum atomic E-state index is 12.2. The average Bonchev–Trinajstić information content (AvgIpc) is 2.89. The Labute approximate surface area is 108 Å². The number of aryl methyl sites for hydroxylation is 1. The summed E-state index contributed by atoms with van der Waals surface area (Å²) in [6.45, 7) is 1.93. The first-order chi connectivity index (χ1) is 8.56. The van der Waals surface area contributed by atoms with Gasteiger partial charge in [0.2, 0.25) is 0 Å². The average molecular weight is 264 g/mol. The van der Waals surface area contributed by atoms with Gasteiger partial charge >= 0.3 is 0 Å². The van der Waals surface area contributed by atoms with E-state index in [1.807, 2.05) is 6.92 Å². The fourth-order valence-corrected chi connectivity index (χ4v) is 3.94. The Kier molecular flexibility index (Phi) is 2.79. The Bertz CT molecular complexity index is 558. The van der Waals surface area contributed by atoms with E-state index in [0.717, 1.165) is 18.4 Å². The zero-order valence-corrected chi connectivity index (χ0v) is 11.1. The highest BCUT2D eigenvalue weighted by Gasteiger charge is 2.41. The molecule has 0 unspecified atom stereocenters. The lowest BCUT2D eigenvalue weighted by molar-refractivity contribution is 0.172. The minimum Gasteiger partial charge on any atom is -0.262 e. The summed E-state index contributed by atoms with van der Waals surface area (Å²) >= 11 is 0. The molecule has 0 saturated heterocycles. The van der Waals surface area contributed by atoms with E-state index in [2.05, 4.69) is 12.2 Å². The highest BCUT2D eigenvalue weighted by molar-refractivity contribution is 7.86. The van der Waals surface area contributed by atoms with Crippen LogP contribution in [0.1, 0.15) is 18.4 Å². The molecular weight excluding hydrogens is 248 g/mol. The van der Waals surface area contributed by atoms with Crippen molar-refractivity contribution in [2.45, 2.75) is 30.8 Å². The second-order valence-electron chi connectivity index (χ2n) is 5.12. The van der Waals surface area contributed by atoms with Crippen molar-refractivity contribution in [1.82, 2.24) is 0 Å². The number of rotatable bonds is 3. The van der Waals surface area contributed by atoms with E-state index < -0.39 is 10.1 Å². The third-order valence-electron chi connectivity index (χ3n) is 3.83. The SMILES string of the molecule is Cc1ccc(S(=O)(=O)OC2[C@H]3C=C[C@H]2CC3)cc1. The fraction of sp³-hybridized carbons (Fsp3) is 0.429. The van der Waals surface area contributed by atoms with E-state index in [4.69, 9.17) is 4.18 Å². The van der Waals surface area contributed by atoms with Crippen LogP contribution in [-0.2, 0) is 14.3 Å². The third kappa shape index (κ3) is 1.99. The smallest absolute Gasteiger partial charge is 0.262 e. The molecule has 3 rings (SSSR count). The van der Waals surface area contributed by atoms with Gasteiger partial charge in [-0.15, -0.1) is 0 Å². The molecule has 4 heteroatoms. The van der Waals surface area contributed by atoms with E-state index in [1.54, 1.807) is 24.3 Å². The molecule has 96 valence electrons. The molecule has 1 fully saturated rings. The van der Waals surface area contributed by atoms with E-state index in [-0.39, 0.29) is 22.8 Å². The van der Waals surface area contributed by atoms with Crippen LogP contribution >= 0.6 is 0 Å². The van der Waals surface area contributed by atoms with Crippen molar-refractivity contribution in [2.75, 3.05) is 0 Å². The van der Waals surface area contributed by atoms with Crippen molar-refractivity contribution in [3.05, 3.63) is 42.0 Å². The molecular formula is C14H16O3S. The summed E-state index contributed by atoms with van der Waals surface area (Å²) in [5.74, 6) is 0.547. The van der Waals surface area contributed by atoms with Gasteiger partial charge in [-0.1, -0.05) is 29.8 Å². The predicted octanol–water partition coefficient (Wildman–Crippen LogP) is 2.66. The highest BCUT2D eigenvalue weighted by atomic mass is 32.2. The van der Waals surface area contributed by atoms with Crippen LogP contribution in [0.25, 0.3) is 0 Å². The molecule has 0 radical (unpaired) electrons. The van der Waals surface area contributed by atoms with Gasteiger partial charge in [-0.3, -0.25) is 4.18 Å². The molecule has 1 aromatic rings. The van der Waals surface area contributed by atoms with Crippen LogP contribution in [0.4, 0.5) is 0 Å². The minimum atomic E-state index is -3.63. The Morgan fingerprint density at radius 3 is 2.11 bits per heavy atom. The van der Waals surface area contributed by atoms with Crippen LogP contribution in [0, 0.1) is 18.8 Å². The molecule has 1 aromatic carbocycles. The quantitative estimate of drug-likeness (QED) is 0.622. The molecule has 2 bridgehead atoms. The minimum absolute atomic E-state index is 0.184. The van der Waals surface area contributed by atoms with Gasteiger partial charge in [0, 0.05) is 11.8 Å². The number of benzene rings is 1. The highest BCUT2D eigenvalue weighted by Crippen LogP contribution is 2.42. The van der Waals surface area contributed by atoms with Gasteiger partial charge in [-0.25, -0.2) is 0 Å². The Hall–Kier alpha value is -1.13. The molecule has 3 nitrogen and oxygen atoms in total. The lowest BCUT2D eigenvalue weighted by atomic mass is 10.1. The van der Waals surface area contributed by atoms with Crippen molar-refractivity contribution in [1.29, 1.82) is 0 Å². The van der Waals surface area contributed by atoms with Crippen LogP contribution in [0.5, 0.6) is 0 Å². The molecule has 1 saturated carbocycles. The van der Waals surface area contributed by atoms with Crippen LogP contribution in [0.15, 0.2) is 41.3 Å². The summed E-state index contributed by atoms with van der Waals surface area (Å²) in [4.78, 5) is 0.249. The van der Waals surface area contributed by atoms with Crippen molar-refractivity contribution in [3.63, 3.8) is 0 Å². The lowest BCUT2D eigenvalue weighted by Crippen LogP contribution is -2.23. The van der Waals surface area contributed by atoms with E-state index in [9.17, 15) is 8.42 Å². The van der Waals surface area contributed by atoms with E-state index in [0.29, 0.717) is 0 Å². The van der Waals surface area contributed by atoms with Crippen LogP contribution in [0.2, 0.25) is 0 Å². The number of hydrogen-bond donors (Lipinski definition) is 0. The van der Waals surface area contributed by atoms with Gasteiger partial charge in [0.25, 0.3) is 10.1 Å². The molecule has 2 atom stereocenters. The zero-order valence-electron chi connectivity index (χ0n) is 10.2. The van der Waals surface area contributed by atoms with Gasteiger partial charge < -0.3 is 0 Å². The third-order valence-corrected chi connectivity index (χ3v) is 5.16. The molecule has 0 N–H and O–H groups in total. The predicted molar refractivity (Wildman–Crippen MR) is 68.6 cm³/mol. The fourth-order valence-electron chi connectivity index (χ4n) is 2.78. The summed E-state index contributed by atoms with van der Waals surface area (Å²) in [6.07, 6.45) is 6.06. The maximum absolute atomic E-state index is 12.2. The van der Waals surface area contributed by atoms with Gasteiger partial charge in [-0.05, 0) is 31.9 Å². The molecule has 2 aliphatic rings. The molecule has 0 heterocycles. The monoisotopic (exact) mass is 264 g/mol. The first-order valence-electron chi connectivity index (χ1n) is 6.24. The Balaban J connectivity index is 1.82. The van der Waals surface area contributed by atoms with Crippen LogP contribution in [0.3, 0.4) is 0 Å². The molecule has 0 spiro atoms. The van der Waals surface area contributed by atoms with Crippen molar-refractivity contribution in [2.24, 2.45) is 11.8 Å². The molecule has 0 aliphatic heterocycles. The Morgan fingerprint density at radius 1 is 1.06 bits per heavy atom.